The van der Waals surface area contributed by atoms with Gasteiger partial charge in [-0.2, -0.15) is 0 Å². The summed E-state index contributed by atoms with van der Waals surface area (Å²) in [6, 6.07) is 12.7. The predicted octanol–water partition coefficient (Wildman–Crippen LogP) is 4.53. The maximum absolute atomic E-state index is 13.2. The Bertz CT molecular complexity index is 1010. The number of hydrogen-bond donors (Lipinski definition) is 1. The molecule has 5 nitrogen and oxygen atoms in total. The summed E-state index contributed by atoms with van der Waals surface area (Å²) in [5.41, 5.74) is 1.87. The molecule has 0 unspecified atom stereocenters. The van der Waals surface area contributed by atoms with Crippen molar-refractivity contribution in [2.24, 2.45) is 0 Å². The first-order valence-corrected chi connectivity index (χ1v) is 11.5. The average Bonchev–Trinajstić information content (AvgIpc) is 3.44. The van der Waals surface area contributed by atoms with Gasteiger partial charge >= 0.3 is 0 Å². The van der Waals surface area contributed by atoms with Gasteiger partial charge in [0.15, 0.2) is 0 Å². The van der Waals surface area contributed by atoms with Crippen molar-refractivity contribution in [3.8, 4) is 0 Å². The van der Waals surface area contributed by atoms with Gasteiger partial charge in [-0.3, -0.25) is 4.79 Å². The van der Waals surface area contributed by atoms with Crippen molar-refractivity contribution in [3.05, 3.63) is 64.2 Å². The molecule has 0 aromatic heterocycles. The lowest BCUT2D eigenvalue weighted by atomic mass is 10.1. The van der Waals surface area contributed by atoms with Gasteiger partial charge < -0.3 is 4.90 Å². The number of nitrogens with one attached hydrogen (secondary N) is 1. The Morgan fingerprint density at radius 3 is 2.31 bits per heavy atom. The minimum absolute atomic E-state index is 0.0778. The van der Waals surface area contributed by atoms with Crippen LogP contribution in [-0.2, 0) is 16.6 Å². The van der Waals surface area contributed by atoms with Gasteiger partial charge in [0, 0.05) is 23.7 Å². The summed E-state index contributed by atoms with van der Waals surface area (Å²) in [6.45, 7) is 7.78. The molecule has 0 spiro atoms. The van der Waals surface area contributed by atoms with Crippen LogP contribution in [0.2, 0.25) is 5.02 Å². The van der Waals surface area contributed by atoms with Gasteiger partial charge in [-0.25, -0.2) is 13.1 Å². The van der Waals surface area contributed by atoms with Crippen LogP contribution in [0.5, 0.6) is 0 Å². The Balaban J connectivity index is 1.90. The molecule has 0 saturated heterocycles. The highest BCUT2D eigenvalue weighted by Crippen LogP contribution is 2.31. The van der Waals surface area contributed by atoms with E-state index in [2.05, 4.69) is 4.72 Å². The SMILES string of the molecule is Cc1ccc(CN(C(=O)c2ccc(Cl)c(S(=O)(=O)NC(C)(C)C)c2)C2CC2)cc1. The summed E-state index contributed by atoms with van der Waals surface area (Å²) >= 11 is 6.17. The number of aryl methyl sites for hydroxylation is 1. The normalized spacial score (nSPS) is 14.7. The van der Waals surface area contributed by atoms with Crippen LogP contribution in [0.1, 0.15) is 55.1 Å². The fourth-order valence-electron chi connectivity index (χ4n) is 3.11. The zero-order valence-electron chi connectivity index (χ0n) is 17.2. The molecule has 1 aliphatic rings. The van der Waals surface area contributed by atoms with Crippen LogP contribution >= 0.6 is 11.6 Å². The molecule has 0 aliphatic heterocycles. The Labute approximate surface area is 178 Å². The Morgan fingerprint density at radius 1 is 1.14 bits per heavy atom. The maximum atomic E-state index is 13.2. The van der Waals surface area contributed by atoms with Crippen LogP contribution in [0, 0.1) is 6.92 Å². The Morgan fingerprint density at radius 2 is 1.76 bits per heavy atom. The van der Waals surface area contributed by atoms with E-state index in [1.54, 1.807) is 26.8 Å². The van der Waals surface area contributed by atoms with E-state index in [1.165, 1.54) is 12.1 Å². The molecule has 1 aliphatic carbocycles. The number of hydrogen-bond acceptors (Lipinski definition) is 3. The highest BCUT2D eigenvalue weighted by atomic mass is 35.5. The molecule has 29 heavy (non-hydrogen) atoms. The topological polar surface area (TPSA) is 66.5 Å². The van der Waals surface area contributed by atoms with Crippen molar-refractivity contribution in [3.63, 3.8) is 0 Å². The predicted molar refractivity (Wildman–Crippen MR) is 116 cm³/mol. The minimum atomic E-state index is -3.85. The lowest BCUT2D eigenvalue weighted by molar-refractivity contribution is 0.0729. The third-order valence-electron chi connectivity index (χ3n) is 4.63. The summed E-state index contributed by atoms with van der Waals surface area (Å²) < 4.78 is 28.1. The van der Waals surface area contributed by atoms with Crippen LogP contribution in [0.4, 0.5) is 0 Å². The third-order valence-corrected chi connectivity index (χ3v) is 6.87. The van der Waals surface area contributed by atoms with E-state index >= 15 is 0 Å². The summed E-state index contributed by atoms with van der Waals surface area (Å²) in [6.07, 6.45) is 1.92. The number of sulfonamides is 1. The second-order valence-corrected chi connectivity index (χ2v) is 10.7. The van der Waals surface area contributed by atoms with Gasteiger partial charge in [-0.15, -0.1) is 0 Å². The largest absolute Gasteiger partial charge is 0.331 e. The number of nitrogens with zero attached hydrogens (tertiary/aromatic N) is 1. The molecule has 3 rings (SSSR count). The first-order valence-electron chi connectivity index (χ1n) is 9.66. The van der Waals surface area contributed by atoms with Crippen LogP contribution in [0.15, 0.2) is 47.4 Å². The molecule has 0 radical (unpaired) electrons. The number of carbonyl (C=O) groups is 1. The average molecular weight is 435 g/mol. The zero-order valence-corrected chi connectivity index (χ0v) is 18.8. The summed E-state index contributed by atoms with van der Waals surface area (Å²) in [7, 11) is -3.85. The molecule has 7 heteroatoms. The number of amides is 1. The third kappa shape index (κ3) is 5.59. The van der Waals surface area contributed by atoms with Gasteiger partial charge in [0.25, 0.3) is 5.91 Å². The molecular formula is C22H27ClN2O3S. The molecular weight excluding hydrogens is 408 g/mol. The van der Waals surface area contributed by atoms with Crippen molar-refractivity contribution in [2.45, 2.75) is 63.6 Å². The van der Waals surface area contributed by atoms with E-state index in [0.717, 1.165) is 24.0 Å². The first-order chi connectivity index (χ1) is 13.5. The van der Waals surface area contributed by atoms with E-state index in [-0.39, 0.29) is 21.9 Å². The van der Waals surface area contributed by atoms with Crippen molar-refractivity contribution in [1.29, 1.82) is 0 Å². The van der Waals surface area contributed by atoms with E-state index in [0.29, 0.717) is 12.1 Å². The second-order valence-electron chi connectivity index (χ2n) is 8.65. The molecule has 1 saturated carbocycles. The van der Waals surface area contributed by atoms with Gasteiger partial charge in [-0.1, -0.05) is 41.4 Å². The van der Waals surface area contributed by atoms with E-state index in [9.17, 15) is 13.2 Å². The molecule has 2 aromatic carbocycles. The smallest absolute Gasteiger partial charge is 0.254 e. The Kier molecular flexibility index (Phi) is 6.08. The lowest BCUT2D eigenvalue weighted by Gasteiger charge is -2.24. The first kappa shape index (κ1) is 21.8. The Hall–Kier alpha value is -1.89. The van der Waals surface area contributed by atoms with Crippen LogP contribution in [-0.4, -0.2) is 30.8 Å². The molecule has 1 fully saturated rings. The monoisotopic (exact) mass is 434 g/mol. The van der Waals surface area contributed by atoms with Crippen molar-refractivity contribution < 1.29 is 13.2 Å². The van der Waals surface area contributed by atoms with Crippen LogP contribution < -0.4 is 4.72 Å². The van der Waals surface area contributed by atoms with E-state index < -0.39 is 15.6 Å². The highest BCUT2D eigenvalue weighted by Gasteiger charge is 2.34. The number of rotatable bonds is 6. The van der Waals surface area contributed by atoms with Crippen molar-refractivity contribution >= 4 is 27.5 Å². The fourth-order valence-corrected chi connectivity index (χ4v) is 5.05. The minimum Gasteiger partial charge on any atom is -0.331 e. The molecule has 156 valence electrons. The molecule has 1 N–H and O–H groups in total. The van der Waals surface area contributed by atoms with Crippen molar-refractivity contribution in [2.75, 3.05) is 0 Å². The molecule has 0 bridgehead atoms. The quantitative estimate of drug-likeness (QED) is 0.726. The molecule has 0 atom stereocenters. The molecule has 2 aromatic rings. The second kappa shape index (κ2) is 8.09. The number of benzene rings is 2. The van der Waals surface area contributed by atoms with E-state index in [4.69, 9.17) is 11.6 Å². The zero-order chi connectivity index (χ0) is 21.4. The lowest BCUT2D eigenvalue weighted by Crippen LogP contribution is -2.40. The fraction of sp³-hybridized carbons (Fsp3) is 0.409. The molecule has 0 heterocycles. The summed E-state index contributed by atoms with van der Waals surface area (Å²) in [4.78, 5) is 15.0. The maximum Gasteiger partial charge on any atom is 0.254 e. The summed E-state index contributed by atoms with van der Waals surface area (Å²) in [5, 5.41) is 0.0924. The molecule has 1 amide bonds. The van der Waals surface area contributed by atoms with Gasteiger partial charge in [0.05, 0.1) is 5.02 Å². The highest BCUT2D eigenvalue weighted by molar-refractivity contribution is 7.89. The number of carbonyl (C=O) groups excluding carboxylic acids is 1. The summed E-state index contributed by atoms with van der Waals surface area (Å²) in [5.74, 6) is -0.183. The van der Waals surface area contributed by atoms with Gasteiger partial charge in [0.1, 0.15) is 4.90 Å². The van der Waals surface area contributed by atoms with E-state index in [1.807, 2.05) is 36.1 Å². The number of halogens is 1. The van der Waals surface area contributed by atoms with Crippen molar-refractivity contribution in [1.82, 2.24) is 9.62 Å². The van der Waals surface area contributed by atoms with Gasteiger partial charge in [0.2, 0.25) is 10.0 Å². The standard InChI is InChI=1S/C22H27ClN2O3S/c1-15-5-7-16(8-6-15)14-25(18-10-11-18)21(26)17-9-12-19(23)20(13-17)29(27,28)24-22(2,3)4/h5-9,12-13,18,24H,10-11,14H2,1-4H3. The van der Waals surface area contributed by atoms with Gasteiger partial charge in [-0.05, 0) is 64.3 Å². The van der Waals surface area contributed by atoms with Crippen LogP contribution in [0.3, 0.4) is 0 Å². The van der Waals surface area contributed by atoms with Crippen LogP contribution in [0.25, 0.3) is 0 Å².